The van der Waals surface area contributed by atoms with Crippen molar-refractivity contribution in [3.63, 3.8) is 0 Å². The summed E-state index contributed by atoms with van der Waals surface area (Å²) in [6.07, 6.45) is -4.77. The lowest BCUT2D eigenvalue weighted by Crippen LogP contribution is -2.17. The zero-order chi connectivity index (χ0) is 11.6. The molecule has 0 N–H and O–H groups in total. The van der Waals surface area contributed by atoms with Crippen molar-refractivity contribution in [3.8, 4) is 5.75 Å². The van der Waals surface area contributed by atoms with E-state index in [0.717, 1.165) is 18.2 Å². The minimum Gasteiger partial charge on any atom is -0.768 e. The molecule has 0 fully saturated rings. The van der Waals surface area contributed by atoms with Gasteiger partial charge in [0.2, 0.25) is 0 Å². The summed E-state index contributed by atoms with van der Waals surface area (Å²) in [4.78, 5) is -0.0514. The third-order valence-electron chi connectivity index (χ3n) is 1.56. The monoisotopic (exact) mass is 239 g/mol. The van der Waals surface area contributed by atoms with Crippen LogP contribution in [-0.2, 0) is 11.1 Å². The van der Waals surface area contributed by atoms with Crippen LogP contribution in [0.1, 0.15) is 5.56 Å². The van der Waals surface area contributed by atoms with Gasteiger partial charge in [-0.25, -0.2) is 0 Å². The molecule has 0 aliphatic heterocycles. The van der Waals surface area contributed by atoms with Crippen molar-refractivity contribution >= 4 is 11.1 Å². The van der Waals surface area contributed by atoms with Gasteiger partial charge in [-0.2, -0.15) is 0 Å². The molecule has 0 bridgehead atoms. The van der Waals surface area contributed by atoms with Crippen molar-refractivity contribution in [1.29, 1.82) is 0 Å². The quantitative estimate of drug-likeness (QED) is 0.743. The molecule has 0 heterocycles. The molecule has 0 saturated heterocycles. The Morgan fingerprint density at radius 1 is 1.40 bits per heavy atom. The van der Waals surface area contributed by atoms with E-state index < -0.39 is 23.2 Å². The molecule has 3 nitrogen and oxygen atoms in total. The van der Waals surface area contributed by atoms with Crippen LogP contribution in [0.5, 0.6) is 5.75 Å². The number of hydrogen-bond donors (Lipinski definition) is 0. The highest BCUT2D eigenvalue weighted by Gasteiger charge is 2.31. The molecule has 0 spiro atoms. The summed E-state index contributed by atoms with van der Waals surface area (Å²) in [5, 5.41) is 0. The van der Waals surface area contributed by atoms with Crippen molar-refractivity contribution < 1.29 is 26.7 Å². The fourth-order valence-corrected chi connectivity index (χ4v) is 1.51. The second kappa shape index (κ2) is 4.19. The number of ether oxygens (including phenoxy) is 1. The van der Waals surface area contributed by atoms with Gasteiger partial charge in [0, 0.05) is 4.90 Å². The molecule has 0 aliphatic carbocycles. The lowest BCUT2D eigenvalue weighted by molar-refractivity contribution is -0.274. The molecule has 1 atom stereocenters. The fraction of sp³-hybridized carbons (Fsp3) is 0.250. The molecule has 0 aromatic heterocycles. The lowest BCUT2D eigenvalue weighted by Gasteiger charge is -2.12. The van der Waals surface area contributed by atoms with Gasteiger partial charge in [0.15, 0.2) is 0 Å². The number of halogens is 3. The van der Waals surface area contributed by atoms with E-state index in [4.69, 9.17) is 0 Å². The van der Waals surface area contributed by atoms with Gasteiger partial charge in [-0.05, 0) is 41.8 Å². The predicted molar refractivity (Wildman–Crippen MR) is 45.0 cm³/mol. The molecule has 0 amide bonds. The molecular weight excluding hydrogens is 233 g/mol. The highest BCUT2D eigenvalue weighted by Crippen LogP contribution is 2.25. The summed E-state index contributed by atoms with van der Waals surface area (Å²) in [7, 11) is 0. The Bertz CT molecular complexity index is 389. The Morgan fingerprint density at radius 2 is 2.00 bits per heavy atom. The first-order valence-corrected chi connectivity index (χ1v) is 4.83. The van der Waals surface area contributed by atoms with Crippen LogP contribution >= 0.6 is 0 Å². The molecule has 1 aromatic carbocycles. The van der Waals surface area contributed by atoms with Gasteiger partial charge in [0.05, 0.1) is 0 Å². The topological polar surface area (TPSA) is 49.4 Å². The van der Waals surface area contributed by atoms with Gasteiger partial charge in [-0.1, -0.05) is 0 Å². The van der Waals surface area contributed by atoms with Crippen molar-refractivity contribution in [1.82, 2.24) is 0 Å². The maximum absolute atomic E-state index is 11.8. The smallest absolute Gasteiger partial charge is 0.573 e. The third kappa shape index (κ3) is 3.52. The van der Waals surface area contributed by atoms with E-state index in [1.165, 1.54) is 6.92 Å². The van der Waals surface area contributed by atoms with E-state index >= 15 is 0 Å². The van der Waals surface area contributed by atoms with Gasteiger partial charge in [-0.15, -0.1) is 13.2 Å². The molecule has 7 heteroatoms. The van der Waals surface area contributed by atoms with Crippen LogP contribution in [0.4, 0.5) is 13.2 Å². The van der Waals surface area contributed by atoms with Gasteiger partial charge < -0.3 is 9.29 Å². The first-order valence-electron chi connectivity index (χ1n) is 3.75. The van der Waals surface area contributed by atoms with Crippen molar-refractivity contribution in [2.24, 2.45) is 0 Å². The summed E-state index contributed by atoms with van der Waals surface area (Å²) in [5.41, 5.74) is 0.199. The van der Waals surface area contributed by atoms with Crippen LogP contribution in [0.2, 0.25) is 0 Å². The summed E-state index contributed by atoms with van der Waals surface area (Å²) in [6, 6.07) is 3.02. The molecule has 15 heavy (non-hydrogen) atoms. The van der Waals surface area contributed by atoms with Gasteiger partial charge in [0.1, 0.15) is 5.75 Å². The van der Waals surface area contributed by atoms with E-state index in [1.54, 1.807) is 0 Å². The minimum absolute atomic E-state index is 0.0514. The molecule has 1 rings (SSSR count). The van der Waals surface area contributed by atoms with Crippen LogP contribution in [0.25, 0.3) is 0 Å². The summed E-state index contributed by atoms with van der Waals surface area (Å²) in [6.45, 7) is 1.38. The van der Waals surface area contributed by atoms with Gasteiger partial charge in [0.25, 0.3) is 0 Å². The number of alkyl halides is 3. The Kier molecular flexibility index (Phi) is 3.35. The molecule has 0 aliphatic rings. The van der Waals surface area contributed by atoms with Crippen molar-refractivity contribution in [2.45, 2.75) is 18.2 Å². The Hall–Kier alpha value is -1.08. The summed E-state index contributed by atoms with van der Waals surface area (Å²) in [5.74, 6) is -0.436. The van der Waals surface area contributed by atoms with Crippen molar-refractivity contribution in [3.05, 3.63) is 23.8 Å². The molecule has 1 unspecified atom stereocenters. The van der Waals surface area contributed by atoms with Crippen LogP contribution < -0.4 is 4.74 Å². The highest BCUT2D eigenvalue weighted by molar-refractivity contribution is 7.79. The number of aryl methyl sites for hydroxylation is 1. The number of hydrogen-bond acceptors (Lipinski definition) is 3. The minimum atomic E-state index is -4.77. The van der Waals surface area contributed by atoms with Crippen molar-refractivity contribution in [2.75, 3.05) is 0 Å². The van der Waals surface area contributed by atoms with E-state index in [1.807, 2.05) is 0 Å². The van der Waals surface area contributed by atoms with Crippen LogP contribution in [0, 0.1) is 6.92 Å². The molecule has 84 valence electrons. The lowest BCUT2D eigenvalue weighted by atomic mass is 10.2. The third-order valence-corrected chi connectivity index (χ3v) is 2.38. The second-order valence-corrected chi connectivity index (χ2v) is 3.62. The van der Waals surface area contributed by atoms with Crippen LogP contribution in [0.15, 0.2) is 23.1 Å². The summed E-state index contributed by atoms with van der Waals surface area (Å²) >= 11 is -2.46. The van der Waals surface area contributed by atoms with Crippen LogP contribution in [0.3, 0.4) is 0 Å². The maximum atomic E-state index is 11.8. The Labute approximate surface area is 86.1 Å². The zero-order valence-electron chi connectivity index (χ0n) is 7.50. The van der Waals surface area contributed by atoms with Gasteiger partial charge in [-0.3, -0.25) is 4.21 Å². The standard InChI is InChI=1S/C8H7F3O3S/c1-5-4-6(14-8(9,10)11)2-3-7(5)15(12)13/h2-4H,1H3,(H,12,13)/p-1. The zero-order valence-corrected chi connectivity index (χ0v) is 8.32. The van der Waals surface area contributed by atoms with E-state index in [2.05, 4.69) is 4.74 Å². The van der Waals surface area contributed by atoms with E-state index in [0.29, 0.717) is 0 Å². The van der Waals surface area contributed by atoms with Gasteiger partial charge >= 0.3 is 6.36 Å². The second-order valence-electron chi connectivity index (χ2n) is 2.71. The average molecular weight is 239 g/mol. The summed E-state index contributed by atoms with van der Waals surface area (Å²) < 4.78 is 60.1. The first-order chi connectivity index (χ1) is 6.79. The number of benzene rings is 1. The molecule has 1 aromatic rings. The predicted octanol–water partition coefficient (Wildman–Crippen LogP) is 2.13. The average Bonchev–Trinajstić information content (AvgIpc) is 1.99. The first kappa shape index (κ1) is 12.0. The largest absolute Gasteiger partial charge is 0.768 e. The maximum Gasteiger partial charge on any atom is 0.573 e. The Balaban J connectivity index is 2.97. The number of rotatable bonds is 2. The molecule has 0 saturated carbocycles. The van der Waals surface area contributed by atoms with E-state index in [-0.39, 0.29) is 10.5 Å². The van der Waals surface area contributed by atoms with E-state index in [9.17, 15) is 21.9 Å². The molecule has 0 radical (unpaired) electrons. The van der Waals surface area contributed by atoms with Crippen LogP contribution in [-0.4, -0.2) is 15.1 Å². The fourth-order valence-electron chi connectivity index (χ4n) is 1.01. The normalized spacial score (nSPS) is 13.7. The highest BCUT2D eigenvalue weighted by atomic mass is 32.2. The SMILES string of the molecule is Cc1cc(OC(F)(F)F)ccc1S(=O)[O-]. The Morgan fingerprint density at radius 3 is 2.40 bits per heavy atom. The molecular formula is C8H6F3O3S-.